The fraction of sp³-hybridized carbons (Fsp3) is 0. The van der Waals surface area contributed by atoms with Crippen molar-refractivity contribution in [3.05, 3.63) is 36.1 Å². The van der Waals surface area contributed by atoms with Crippen LogP contribution in [0.3, 0.4) is 0 Å². The first-order valence-corrected chi connectivity index (χ1v) is 5.88. The van der Waals surface area contributed by atoms with Gasteiger partial charge in [0.2, 0.25) is 0 Å². The van der Waals surface area contributed by atoms with Crippen molar-refractivity contribution in [1.29, 1.82) is 0 Å². The average Bonchev–Trinajstić information content (AvgIpc) is 2.98. The van der Waals surface area contributed by atoms with Crippen LogP contribution in [0.15, 0.2) is 36.1 Å². The van der Waals surface area contributed by atoms with E-state index in [0.29, 0.717) is 5.13 Å². The molecule has 5 nitrogen and oxygen atoms in total. The van der Waals surface area contributed by atoms with Crippen molar-refractivity contribution >= 4 is 16.5 Å². The van der Waals surface area contributed by atoms with E-state index in [1.165, 1.54) is 11.3 Å². The highest BCUT2D eigenvalue weighted by atomic mass is 32.1. The molecule has 0 fully saturated rings. The summed E-state index contributed by atoms with van der Waals surface area (Å²) in [4.78, 5) is 15.7. The number of pyridine rings is 1. The van der Waals surface area contributed by atoms with Crippen molar-refractivity contribution < 1.29 is 0 Å². The standard InChI is InChI=1S/C11H9N5S/c12-11-16-9(6-17-11)8-5-14-10(15-8)7-1-3-13-4-2-7/h1-6H,(H2,12,16)(H,14,15). The zero-order valence-corrected chi connectivity index (χ0v) is 9.61. The number of aromatic amines is 1. The number of nitrogen functional groups attached to an aromatic ring is 1. The van der Waals surface area contributed by atoms with Crippen LogP contribution >= 0.6 is 11.3 Å². The van der Waals surface area contributed by atoms with E-state index in [-0.39, 0.29) is 0 Å². The predicted octanol–water partition coefficient (Wildman–Crippen LogP) is 2.18. The SMILES string of the molecule is Nc1nc(-c2c[nH]c(-c3ccncc3)n2)cs1. The first-order valence-electron chi connectivity index (χ1n) is 5.00. The number of rotatable bonds is 2. The minimum Gasteiger partial charge on any atom is -0.375 e. The number of hydrogen-bond acceptors (Lipinski definition) is 5. The summed E-state index contributed by atoms with van der Waals surface area (Å²) in [5.74, 6) is 0.800. The van der Waals surface area contributed by atoms with Crippen LogP contribution < -0.4 is 5.73 Å². The number of aromatic nitrogens is 4. The molecule has 6 heteroatoms. The molecule has 84 valence electrons. The summed E-state index contributed by atoms with van der Waals surface area (Å²) >= 11 is 1.41. The van der Waals surface area contributed by atoms with Crippen LogP contribution in [0, 0.1) is 0 Å². The molecule has 3 rings (SSSR count). The van der Waals surface area contributed by atoms with E-state index in [2.05, 4.69) is 19.9 Å². The van der Waals surface area contributed by atoms with E-state index in [4.69, 9.17) is 5.73 Å². The Morgan fingerprint density at radius 2 is 1.94 bits per heavy atom. The number of thiazole rings is 1. The fourth-order valence-corrected chi connectivity index (χ4v) is 2.07. The summed E-state index contributed by atoms with van der Waals surface area (Å²) in [7, 11) is 0. The molecule has 17 heavy (non-hydrogen) atoms. The van der Waals surface area contributed by atoms with Gasteiger partial charge in [-0.3, -0.25) is 4.98 Å². The van der Waals surface area contributed by atoms with Crippen LogP contribution in [-0.4, -0.2) is 19.9 Å². The van der Waals surface area contributed by atoms with E-state index in [0.717, 1.165) is 22.8 Å². The largest absolute Gasteiger partial charge is 0.375 e. The number of nitrogens with one attached hydrogen (secondary N) is 1. The van der Waals surface area contributed by atoms with Crippen LogP contribution in [-0.2, 0) is 0 Å². The van der Waals surface area contributed by atoms with Crippen molar-refractivity contribution in [2.24, 2.45) is 0 Å². The average molecular weight is 243 g/mol. The predicted molar refractivity (Wildman–Crippen MR) is 67.3 cm³/mol. The molecule has 0 amide bonds. The molecule has 3 N–H and O–H groups in total. The molecule has 0 atom stereocenters. The maximum atomic E-state index is 5.60. The third kappa shape index (κ3) is 1.90. The lowest BCUT2D eigenvalue weighted by Crippen LogP contribution is -1.83. The van der Waals surface area contributed by atoms with Gasteiger partial charge in [-0.05, 0) is 12.1 Å². The minimum atomic E-state index is 0.550. The summed E-state index contributed by atoms with van der Waals surface area (Å²) in [5, 5.41) is 2.44. The molecule has 3 aromatic rings. The molecule has 3 aromatic heterocycles. The summed E-state index contributed by atoms with van der Waals surface area (Å²) in [6.45, 7) is 0. The zero-order valence-electron chi connectivity index (χ0n) is 8.79. The van der Waals surface area contributed by atoms with Crippen molar-refractivity contribution in [2.45, 2.75) is 0 Å². The molecular weight excluding hydrogens is 234 g/mol. The van der Waals surface area contributed by atoms with Gasteiger partial charge in [0.25, 0.3) is 0 Å². The lowest BCUT2D eigenvalue weighted by molar-refractivity contribution is 1.27. The lowest BCUT2D eigenvalue weighted by Gasteiger charge is -1.93. The van der Waals surface area contributed by atoms with Crippen LogP contribution in [0.5, 0.6) is 0 Å². The highest BCUT2D eigenvalue weighted by molar-refractivity contribution is 7.13. The van der Waals surface area contributed by atoms with Gasteiger partial charge in [-0.25, -0.2) is 9.97 Å². The van der Waals surface area contributed by atoms with E-state index in [9.17, 15) is 0 Å². The summed E-state index contributed by atoms with van der Waals surface area (Å²) in [6.07, 6.45) is 5.29. The Labute approximate surface area is 101 Å². The minimum absolute atomic E-state index is 0.550. The molecule has 0 aliphatic rings. The number of nitrogens with two attached hydrogens (primary N) is 1. The van der Waals surface area contributed by atoms with E-state index >= 15 is 0 Å². The Balaban J connectivity index is 1.99. The number of anilines is 1. The Bertz CT molecular complexity index is 628. The molecule has 0 aliphatic carbocycles. The fourth-order valence-electron chi connectivity index (χ4n) is 1.52. The first kappa shape index (κ1) is 9.98. The quantitative estimate of drug-likeness (QED) is 0.722. The second-order valence-electron chi connectivity index (χ2n) is 3.44. The molecule has 3 heterocycles. The third-order valence-electron chi connectivity index (χ3n) is 2.32. The molecule has 0 bridgehead atoms. The van der Waals surface area contributed by atoms with Gasteiger partial charge < -0.3 is 10.7 Å². The van der Waals surface area contributed by atoms with Crippen molar-refractivity contribution in [3.8, 4) is 22.8 Å². The highest BCUT2D eigenvalue weighted by Gasteiger charge is 2.08. The number of imidazole rings is 1. The van der Waals surface area contributed by atoms with Gasteiger partial charge in [0.1, 0.15) is 17.2 Å². The van der Waals surface area contributed by atoms with E-state index < -0.39 is 0 Å². The normalized spacial score (nSPS) is 10.6. The summed E-state index contributed by atoms with van der Waals surface area (Å²) in [6, 6.07) is 3.80. The third-order valence-corrected chi connectivity index (χ3v) is 2.99. The van der Waals surface area contributed by atoms with E-state index in [1.54, 1.807) is 12.4 Å². The van der Waals surface area contributed by atoms with Gasteiger partial charge >= 0.3 is 0 Å². The van der Waals surface area contributed by atoms with Gasteiger partial charge in [-0.15, -0.1) is 11.3 Å². The summed E-state index contributed by atoms with van der Waals surface area (Å²) in [5.41, 5.74) is 8.18. The number of hydrogen-bond donors (Lipinski definition) is 2. The van der Waals surface area contributed by atoms with Gasteiger partial charge in [0.15, 0.2) is 5.13 Å². The Morgan fingerprint density at radius 1 is 1.12 bits per heavy atom. The van der Waals surface area contributed by atoms with Crippen molar-refractivity contribution in [2.75, 3.05) is 5.73 Å². The van der Waals surface area contributed by atoms with Gasteiger partial charge in [0, 0.05) is 29.5 Å². The molecule has 0 saturated heterocycles. The van der Waals surface area contributed by atoms with E-state index in [1.807, 2.05) is 23.7 Å². The topological polar surface area (TPSA) is 80.5 Å². The van der Waals surface area contributed by atoms with Gasteiger partial charge in [-0.1, -0.05) is 0 Å². The van der Waals surface area contributed by atoms with Crippen molar-refractivity contribution in [3.63, 3.8) is 0 Å². The molecule has 0 spiro atoms. The van der Waals surface area contributed by atoms with Crippen LogP contribution in [0.1, 0.15) is 0 Å². The van der Waals surface area contributed by atoms with Gasteiger partial charge in [0.05, 0.1) is 0 Å². The smallest absolute Gasteiger partial charge is 0.180 e. The second kappa shape index (κ2) is 3.99. The summed E-state index contributed by atoms with van der Waals surface area (Å²) < 4.78 is 0. The van der Waals surface area contributed by atoms with Crippen molar-refractivity contribution in [1.82, 2.24) is 19.9 Å². The molecule has 0 aliphatic heterocycles. The Morgan fingerprint density at radius 3 is 2.65 bits per heavy atom. The molecule has 0 saturated carbocycles. The van der Waals surface area contributed by atoms with Crippen LogP contribution in [0.4, 0.5) is 5.13 Å². The Hall–Kier alpha value is -2.21. The zero-order chi connectivity index (χ0) is 11.7. The first-order chi connectivity index (χ1) is 8.33. The number of nitrogens with zero attached hydrogens (tertiary/aromatic N) is 3. The lowest BCUT2D eigenvalue weighted by atomic mass is 10.2. The molecule has 0 aromatic carbocycles. The Kier molecular flexibility index (Phi) is 2.34. The van der Waals surface area contributed by atoms with Crippen LogP contribution in [0.2, 0.25) is 0 Å². The molecule has 0 radical (unpaired) electrons. The highest BCUT2D eigenvalue weighted by Crippen LogP contribution is 2.23. The second-order valence-corrected chi connectivity index (χ2v) is 4.33. The number of H-pyrrole nitrogens is 1. The van der Waals surface area contributed by atoms with Gasteiger partial charge in [-0.2, -0.15) is 0 Å². The monoisotopic (exact) mass is 243 g/mol. The molecule has 0 unspecified atom stereocenters. The maximum absolute atomic E-state index is 5.60. The van der Waals surface area contributed by atoms with Crippen LogP contribution in [0.25, 0.3) is 22.8 Å². The molecular formula is C11H9N5S. The maximum Gasteiger partial charge on any atom is 0.180 e.